The van der Waals surface area contributed by atoms with Crippen molar-refractivity contribution in [2.24, 2.45) is 0 Å². The fraction of sp³-hybridized carbons (Fsp3) is 0.462. The Morgan fingerprint density at radius 2 is 2.12 bits per heavy atom. The molecule has 0 radical (unpaired) electrons. The van der Waals surface area contributed by atoms with E-state index in [0.717, 1.165) is 24.1 Å². The average Bonchev–Trinajstić information content (AvgIpc) is 2.74. The van der Waals surface area contributed by atoms with Gasteiger partial charge in [-0.15, -0.1) is 0 Å². The lowest BCUT2D eigenvalue weighted by molar-refractivity contribution is -0.00522. The summed E-state index contributed by atoms with van der Waals surface area (Å²) in [6.07, 6.45) is 4.41. The van der Waals surface area contributed by atoms with E-state index in [1.165, 1.54) is 5.69 Å². The first kappa shape index (κ1) is 10.6. The minimum Gasteiger partial charge on any atom is -0.372 e. The van der Waals surface area contributed by atoms with Crippen molar-refractivity contribution >= 4 is 16.7 Å². The van der Waals surface area contributed by atoms with Crippen LogP contribution in [-0.2, 0) is 4.74 Å². The van der Waals surface area contributed by atoms with Gasteiger partial charge in [-0.1, -0.05) is 0 Å². The SMILES string of the molecule is C[C@@H]1CN(c2cnc3[nH]ccc3c2)C[C@@H](C)O1. The normalized spacial score (nSPS) is 25.4. The number of nitrogens with one attached hydrogen (secondary N) is 1. The third kappa shape index (κ3) is 2.00. The van der Waals surface area contributed by atoms with Crippen LogP contribution in [0.2, 0.25) is 0 Å². The van der Waals surface area contributed by atoms with Gasteiger partial charge in [0.1, 0.15) is 5.65 Å². The number of anilines is 1. The van der Waals surface area contributed by atoms with Crippen molar-refractivity contribution in [3.63, 3.8) is 0 Å². The molecule has 3 rings (SSSR count). The van der Waals surface area contributed by atoms with Crippen molar-refractivity contribution in [3.8, 4) is 0 Å². The quantitative estimate of drug-likeness (QED) is 0.817. The number of hydrogen-bond donors (Lipinski definition) is 1. The van der Waals surface area contributed by atoms with Crippen LogP contribution in [0.1, 0.15) is 13.8 Å². The van der Waals surface area contributed by atoms with Crippen molar-refractivity contribution in [1.82, 2.24) is 9.97 Å². The van der Waals surface area contributed by atoms with Crippen LogP contribution in [0.25, 0.3) is 11.0 Å². The van der Waals surface area contributed by atoms with Crippen molar-refractivity contribution in [2.75, 3.05) is 18.0 Å². The van der Waals surface area contributed by atoms with Gasteiger partial charge < -0.3 is 14.6 Å². The third-order valence-corrected chi connectivity index (χ3v) is 3.17. The van der Waals surface area contributed by atoms with Gasteiger partial charge in [-0.3, -0.25) is 0 Å². The molecule has 1 fully saturated rings. The van der Waals surface area contributed by atoms with Gasteiger partial charge in [0.2, 0.25) is 0 Å². The molecule has 1 aliphatic rings. The van der Waals surface area contributed by atoms with Gasteiger partial charge in [0, 0.05) is 24.7 Å². The zero-order chi connectivity index (χ0) is 11.8. The number of rotatable bonds is 1. The predicted octanol–water partition coefficient (Wildman–Crippen LogP) is 2.18. The molecule has 2 aromatic heterocycles. The first-order valence-electron chi connectivity index (χ1n) is 6.06. The fourth-order valence-electron chi connectivity index (χ4n) is 2.49. The number of nitrogens with zero attached hydrogens (tertiary/aromatic N) is 2. The van der Waals surface area contributed by atoms with Crippen molar-refractivity contribution in [2.45, 2.75) is 26.1 Å². The van der Waals surface area contributed by atoms with E-state index >= 15 is 0 Å². The maximum atomic E-state index is 5.74. The Hall–Kier alpha value is -1.55. The summed E-state index contributed by atoms with van der Waals surface area (Å²) in [5, 5.41) is 1.16. The summed E-state index contributed by atoms with van der Waals surface area (Å²) in [6.45, 7) is 6.10. The second-order valence-corrected chi connectivity index (χ2v) is 4.77. The van der Waals surface area contributed by atoms with Crippen molar-refractivity contribution in [3.05, 3.63) is 24.5 Å². The highest BCUT2D eigenvalue weighted by Gasteiger charge is 2.22. The van der Waals surface area contributed by atoms with Crippen LogP contribution in [0.15, 0.2) is 24.5 Å². The highest BCUT2D eigenvalue weighted by molar-refractivity contribution is 5.79. The molecule has 0 aromatic carbocycles. The molecule has 0 amide bonds. The smallest absolute Gasteiger partial charge is 0.137 e. The second kappa shape index (κ2) is 4.04. The van der Waals surface area contributed by atoms with E-state index < -0.39 is 0 Å². The second-order valence-electron chi connectivity index (χ2n) is 4.77. The van der Waals surface area contributed by atoms with Crippen LogP contribution in [0, 0.1) is 0 Å². The zero-order valence-electron chi connectivity index (χ0n) is 10.2. The Morgan fingerprint density at radius 1 is 1.35 bits per heavy atom. The molecule has 17 heavy (non-hydrogen) atoms. The Balaban J connectivity index is 1.91. The molecule has 0 spiro atoms. The molecule has 2 aromatic rings. The van der Waals surface area contributed by atoms with Crippen molar-refractivity contribution in [1.29, 1.82) is 0 Å². The largest absolute Gasteiger partial charge is 0.372 e. The number of aromatic nitrogens is 2. The van der Waals surface area contributed by atoms with E-state index in [9.17, 15) is 0 Å². The van der Waals surface area contributed by atoms with Gasteiger partial charge >= 0.3 is 0 Å². The molecule has 1 N–H and O–H groups in total. The lowest BCUT2D eigenvalue weighted by Gasteiger charge is -2.36. The fourth-order valence-corrected chi connectivity index (χ4v) is 2.49. The van der Waals surface area contributed by atoms with Crippen LogP contribution in [0.3, 0.4) is 0 Å². The Bertz CT molecular complexity index is 512. The minimum absolute atomic E-state index is 0.278. The standard InChI is InChI=1S/C13H17N3O/c1-9-7-16(8-10(2)17-9)12-5-11-3-4-14-13(11)15-6-12/h3-6,9-10H,7-8H2,1-2H3,(H,14,15)/t9-,10-/m1/s1. The molecule has 3 heterocycles. The summed E-state index contributed by atoms with van der Waals surface area (Å²) >= 11 is 0. The van der Waals surface area contributed by atoms with E-state index in [0.29, 0.717) is 0 Å². The molecule has 0 saturated carbocycles. The van der Waals surface area contributed by atoms with Crippen LogP contribution in [-0.4, -0.2) is 35.3 Å². The molecular formula is C13H17N3O. The average molecular weight is 231 g/mol. The minimum atomic E-state index is 0.278. The predicted molar refractivity (Wildman–Crippen MR) is 68.3 cm³/mol. The highest BCUT2D eigenvalue weighted by Crippen LogP contribution is 2.22. The number of hydrogen-bond acceptors (Lipinski definition) is 3. The highest BCUT2D eigenvalue weighted by atomic mass is 16.5. The van der Waals surface area contributed by atoms with Crippen LogP contribution in [0.5, 0.6) is 0 Å². The first-order chi connectivity index (χ1) is 8.22. The Morgan fingerprint density at radius 3 is 2.88 bits per heavy atom. The van der Waals surface area contributed by atoms with Gasteiger partial charge in [0.25, 0.3) is 0 Å². The molecule has 4 nitrogen and oxygen atoms in total. The lowest BCUT2D eigenvalue weighted by Crippen LogP contribution is -2.45. The Kier molecular flexibility index (Phi) is 2.52. The zero-order valence-corrected chi connectivity index (χ0v) is 10.2. The summed E-state index contributed by atoms with van der Waals surface area (Å²) in [5.41, 5.74) is 2.13. The topological polar surface area (TPSA) is 41.2 Å². The van der Waals surface area contributed by atoms with E-state index in [1.54, 1.807) is 0 Å². The summed E-state index contributed by atoms with van der Waals surface area (Å²) in [6, 6.07) is 4.24. The maximum absolute atomic E-state index is 5.74. The number of pyridine rings is 1. The molecule has 4 heteroatoms. The number of ether oxygens (including phenoxy) is 1. The Labute approximate surface area is 101 Å². The molecular weight excluding hydrogens is 214 g/mol. The van der Waals surface area contributed by atoms with Crippen LogP contribution >= 0.6 is 0 Å². The van der Waals surface area contributed by atoms with E-state index in [1.807, 2.05) is 12.4 Å². The van der Waals surface area contributed by atoms with Gasteiger partial charge in [-0.05, 0) is 26.0 Å². The summed E-state index contributed by atoms with van der Waals surface area (Å²) in [5.74, 6) is 0. The van der Waals surface area contributed by atoms with Gasteiger partial charge in [0.15, 0.2) is 0 Å². The monoisotopic (exact) mass is 231 g/mol. The maximum Gasteiger partial charge on any atom is 0.137 e. The molecule has 90 valence electrons. The molecule has 1 saturated heterocycles. The third-order valence-electron chi connectivity index (χ3n) is 3.17. The number of H-pyrrole nitrogens is 1. The number of morpholine rings is 1. The number of fused-ring (bicyclic) bond motifs is 1. The number of aromatic amines is 1. The van der Waals surface area contributed by atoms with E-state index in [2.05, 4.69) is 40.8 Å². The summed E-state index contributed by atoms with van der Waals surface area (Å²) < 4.78 is 5.74. The van der Waals surface area contributed by atoms with Crippen LogP contribution < -0.4 is 4.90 Å². The molecule has 2 atom stereocenters. The first-order valence-corrected chi connectivity index (χ1v) is 6.06. The van der Waals surface area contributed by atoms with Gasteiger partial charge in [0.05, 0.1) is 24.1 Å². The summed E-state index contributed by atoms with van der Waals surface area (Å²) in [7, 11) is 0. The van der Waals surface area contributed by atoms with Crippen LogP contribution in [0.4, 0.5) is 5.69 Å². The van der Waals surface area contributed by atoms with Gasteiger partial charge in [-0.2, -0.15) is 0 Å². The molecule has 0 bridgehead atoms. The lowest BCUT2D eigenvalue weighted by atomic mass is 10.2. The van der Waals surface area contributed by atoms with Crippen molar-refractivity contribution < 1.29 is 4.74 Å². The summed E-state index contributed by atoms with van der Waals surface area (Å²) in [4.78, 5) is 9.89. The van der Waals surface area contributed by atoms with E-state index in [4.69, 9.17) is 4.74 Å². The molecule has 0 aliphatic carbocycles. The molecule has 0 unspecified atom stereocenters. The van der Waals surface area contributed by atoms with E-state index in [-0.39, 0.29) is 12.2 Å². The van der Waals surface area contributed by atoms with Gasteiger partial charge in [-0.25, -0.2) is 4.98 Å². The molecule has 1 aliphatic heterocycles.